The van der Waals surface area contributed by atoms with Gasteiger partial charge in [0.2, 0.25) is 10.0 Å². The quantitative estimate of drug-likeness (QED) is 0.464. The van der Waals surface area contributed by atoms with Crippen molar-refractivity contribution >= 4 is 32.5 Å². The number of hydrogen-bond acceptors (Lipinski definition) is 5. The van der Waals surface area contributed by atoms with Crippen LogP contribution in [-0.2, 0) is 10.0 Å². The Bertz CT molecular complexity index is 1380. The van der Waals surface area contributed by atoms with Crippen LogP contribution in [0.2, 0.25) is 0 Å². The Hall–Kier alpha value is -3.75. The van der Waals surface area contributed by atoms with Crippen molar-refractivity contribution in [3.8, 4) is 17.0 Å². The van der Waals surface area contributed by atoms with Crippen LogP contribution in [0.5, 0.6) is 5.75 Å². The maximum Gasteiger partial charge on any atom is 0.256 e. The number of carbonyl (C=O) groups is 1. The normalized spacial score (nSPS) is 11.3. The lowest BCUT2D eigenvalue weighted by Gasteiger charge is -2.11. The van der Waals surface area contributed by atoms with Crippen LogP contribution in [0.25, 0.3) is 22.2 Å². The fourth-order valence-electron chi connectivity index (χ4n) is 3.31. The van der Waals surface area contributed by atoms with E-state index in [9.17, 15) is 13.2 Å². The van der Waals surface area contributed by atoms with Gasteiger partial charge in [0.15, 0.2) is 0 Å². The summed E-state index contributed by atoms with van der Waals surface area (Å²) in [5.74, 6) is 0.416. The number of rotatable bonds is 6. The molecule has 3 aromatic carbocycles. The molecule has 8 heteroatoms. The van der Waals surface area contributed by atoms with Crippen LogP contribution in [0.3, 0.4) is 0 Å². The second-order valence-corrected chi connectivity index (χ2v) is 8.87. The minimum absolute atomic E-state index is 0.120. The van der Waals surface area contributed by atoms with Crippen LogP contribution in [0.4, 0.5) is 5.69 Å². The first-order chi connectivity index (χ1) is 15.4. The van der Waals surface area contributed by atoms with E-state index in [2.05, 4.69) is 10.0 Å². The van der Waals surface area contributed by atoms with Crippen molar-refractivity contribution in [1.82, 2.24) is 9.71 Å². The highest BCUT2D eigenvalue weighted by atomic mass is 32.2. The molecule has 2 N–H and O–H groups in total. The van der Waals surface area contributed by atoms with Crippen molar-refractivity contribution in [2.24, 2.45) is 0 Å². The molecule has 1 aromatic heterocycles. The molecular weight excluding hydrogens is 426 g/mol. The molecule has 162 valence electrons. The molecule has 0 spiro atoms. The number of fused-ring (bicyclic) bond motifs is 1. The number of nitrogens with zero attached hydrogens (tertiary/aromatic N) is 1. The number of pyridine rings is 1. The van der Waals surface area contributed by atoms with Gasteiger partial charge in [-0.15, -0.1) is 0 Å². The smallest absolute Gasteiger partial charge is 0.256 e. The van der Waals surface area contributed by atoms with E-state index in [0.717, 1.165) is 16.7 Å². The van der Waals surface area contributed by atoms with Crippen LogP contribution in [0, 0.1) is 0 Å². The first kappa shape index (κ1) is 21.5. The van der Waals surface area contributed by atoms with Gasteiger partial charge in [-0.1, -0.05) is 18.2 Å². The average molecular weight is 448 g/mol. The van der Waals surface area contributed by atoms with Crippen LogP contribution in [-0.4, -0.2) is 33.5 Å². The zero-order valence-electron chi connectivity index (χ0n) is 17.5. The van der Waals surface area contributed by atoms with Gasteiger partial charge in [0.25, 0.3) is 5.91 Å². The SMILES string of the molecule is CNS(=O)(=O)c1ccc(NC(=O)c2cc(-c3ccc(OC)cc3)nc3ccccc23)cc1. The number of hydrogen-bond donors (Lipinski definition) is 2. The summed E-state index contributed by atoms with van der Waals surface area (Å²) in [6.45, 7) is 0. The predicted molar refractivity (Wildman–Crippen MR) is 124 cm³/mol. The first-order valence-corrected chi connectivity index (χ1v) is 11.3. The molecular formula is C24H21N3O4S. The van der Waals surface area contributed by atoms with Crippen molar-refractivity contribution in [3.05, 3.63) is 84.4 Å². The third-order valence-corrected chi connectivity index (χ3v) is 6.47. The second kappa shape index (κ2) is 8.78. The van der Waals surface area contributed by atoms with Gasteiger partial charge >= 0.3 is 0 Å². The van der Waals surface area contributed by atoms with Gasteiger partial charge in [0, 0.05) is 16.6 Å². The van der Waals surface area contributed by atoms with Crippen LogP contribution in [0.15, 0.2) is 83.8 Å². The molecule has 0 atom stereocenters. The second-order valence-electron chi connectivity index (χ2n) is 6.99. The Labute approximate surface area is 186 Å². The molecule has 0 aliphatic rings. The predicted octanol–water partition coefficient (Wildman–Crippen LogP) is 4.07. The summed E-state index contributed by atoms with van der Waals surface area (Å²) in [6.07, 6.45) is 0. The molecule has 4 rings (SSSR count). The summed E-state index contributed by atoms with van der Waals surface area (Å²) in [4.78, 5) is 18.0. The van der Waals surface area contributed by atoms with Crippen molar-refractivity contribution in [2.75, 3.05) is 19.5 Å². The number of nitrogens with one attached hydrogen (secondary N) is 2. The molecule has 0 unspecified atom stereocenters. The van der Waals surface area contributed by atoms with Gasteiger partial charge < -0.3 is 10.1 Å². The number of aromatic nitrogens is 1. The lowest BCUT2D eigenvalue weighted by Crippen LogP contribution is -2.18. The Morgan fingerprint density at radius 3 is 2.28 bits per heavy atom. The molecule has 1 heterocycles. The van der Waals surface area contributed by atoms with E-state index < -0.39 is 10.0 Å². The van der Waals surface area contributed by atoms with Crippen molar-refractivity contribution in [3.63, 3.8) is 0 Å². The van der Waals surface area contributed by atoms with Crippen molar-refractivity contribution < 1.29 is 17.9 Å². The molecule has 0 aliphatic heterocycles. The van der Waals surface area contributed by atoms with Crippen LogP contribution in [0.1, 0.15) is 10.4 Å². The number of ether oxygens (including phenoxy) is 1. The van der Waals surface area contributed by atoms with Gasteiger partial charge in [0.1, 0.15) is 5.75 Å². The highest BCUT2D eigenvalue weighted by molar-refractivity contribution is 7.89. The molecule has 1 amide bonds. The maximum atomic E-state index is 13.2. The summed E-state index contributed by atoms with van der Waals surface area (Å²) in [7, 11) is -0.595. The van der Waals surface area contributed by atoms with Gasteiger partial charge in [0.05, 0.1) is 28.8 Å². The topological polar surface area (TPSA) is 97.4 Å². The van der Waals surface area contributed by atoms with Crippen molar-refractivity contribution in [1.29, 1.82) is 0 Å². The monoisotopic (exact) mass is 447 g/mol. The molecule has 0 aliphatic carbocycles. The molecule has 32 heavy (non-hydrogen) atoms. The number of para-hydroxylation sites is 1. The summed E-state index contributed by atoms with van der Waals surface area (Å²) in [6, 6.07) is 22.6. The van der Waals surface area contributed by atoms with Gasteiger partial charge in [-0.3, -0.25) is 4.79 Å². The number of amides is 1. The van der Waals surface area contributed by atoms with Gasteiger partial charge in [-0.2, -0.15) is 0 Å². The van der Waals surface area contributed by atoms with Crippen LogP contribution < -0.4 is 14.8 Å². The zero-order chi connectivity index (χ0) is 22.7. The summed E-state index contributed by atoms with van der Waals surface area (Å²) < 4.78 is 31.3. The van der Waals surface area contributed by atoms with E-state index in [1.54, 1.807) is 25.3 Å². The number of carbonyl (C=O) groups excluding carboxylic acids is 1. The minimum Gasteiger partial charge on any atom is -0.497 e. The van der Waals surface area contributed by atoms with E-state index in [1.165, 1.54) is 19.2 Å². The zero-order valence-corrected chi connectivity index (χ0v) is 18.3. The maximum absolute atomic E-state index is 13.2. The number of anilines is 1. The standard InChI is InChI=1S/C24H21N3O4S/c1-25-32(29,30)19-13-9-17(10-14-19)26-24(28)21-15-23(16-7-11-18(31-2)12-8-16)27-22-6-4-3-5-20(21)22/h3-15,25H,1-2H3,(H,26,28). The highest BCUT2D eigenvalue weighted by Gasteiger charge is 2.15. The third-order valence-electron chi connectivity index (χ3n) is 5.04. The van der Waals surface area contributed by atoms with Crippen molar-refractivity contribution in [2.45, 2.75) is 4.90 Å². The minimum atomic E-state index is -3.55. The van der Waals surface area contributed by atoms with Gasteiger partial charge in [-0.05, 0) is 67.7 Å². The molecule has 0 radical (unpaired) electrons. The van der Waals surface area contributed by atoms with Crippen LogP contribution >= 0.6 is 0 Å². The number of sulfonamides is 1. The van der Waals surface area contributed by atoms with Gasteiger partial charge in [-0.25, -0.2) is 18.1 Å². The molecule has 0 saturated carbocycles. The molecule has 4 aromatic rings. The lowest BCUT2D eigenvalue weighted by atomic mass is 10.0. The van der Waals surface area contributed by atoms with E-state index in [4.69, 9.17) is 9.72 Å². The third kappa shape index (κ3) is 4.32. The van der Waals surface area contributed by atoms with E-state index in [1.807, 2.05) is 48.5 Å². The molecule has 7 nitrogen and oxygen atoms in total. The summed E-state index contributed by atoms with van der Waals surface area (Å²) in [5.41, 5.74) is 3.16. The lowest BCUT2D eigenvalue weighted by molar-refractivity contribution is 0.102. The van der Waals surface area contributed by atoms with E-state index in [-0.39, 0.29) is 10.8 Å². The molecule has 0 bridgehead atoms. The number of methoxy groups -OCH3 is 1. The molecule has 0 saturated heterocycles. The van der Waals surface area contributed by atoms with E-state index >= 15 is 0 Å². The number of benzene rings is 3. The first-order valence-electron chi connectivity index (χ1n) is 9.80. The largest absolute Gasteiger partial charge is 0.497 e. The average Bonchev–Trinajstić information content (AvgIpc) is 2.83. The molecule has 0 fully saturated rings. The van der Waals surface area contributed by atoms with E-state index in [0.29, 0.717) is 22.5 Å². The Balaban J connectivity index is 1.70. The summed E-state index contributed by atoms with van der Waals surface area (Å²) in [5, 5.41) is 3.56. The Kier molecular flexibility index (Phi) is 5.89. The fraction of sp³-hybridized carbons (Fsp3) is 0.0833. The Morgan fingerprint density at radius 2 is 1.62 bits per heavy atom. The highest BCUT2D eigenvalue weighted by Crippen LogP contribution is 2.27. The fourth-order valence-corrected chi connectivity index (χ4v) is 4.04. The Morgan fingerprint density at radius 1 is 0.938 bits per heavy atom. The summed E-state index contributed by atoms with van der Waals surface area (Å²) >= 11 is 0.